The first kappa shape index (κ1) is 16.1. The van der Waals surface area contributed by atoms with Crippen molar-refractivity contribution < 1.29 is 14.3 Å². The number of nitrogens with zero attached hydrogens (tertiary/aromatic N) is 1. The van der Waals surface area contributed by atoms with Crippen LogP contribution >= 0.6 is 0 Å². The molecule has 26 heavy (non-hydrogen) atoms. The molecule has 1 unspecified atom stereocenters. The van der Waals surface area contributed by atoms with Crippen LogP contribution in [-0.4, -0.2) is 42.9 Å². The molecule has 3 atom stereocenters. The van der Waals surface area contributed by atoms with E-state index < -0.39 is 5.41 Å². The van der Waals surface area contributed by atoms with E-state index in [4.69, 9.17) is 4.74 Å². The molecule has 1 N–H and O–H groups in total. The lowest BCUT2D eigenvalue weighted by Gasteiger charge is -2.54. The number of anilines is 1. The third-order valence-corrected chi connectivity index (χ3v) is 7.26. The lowest BCUT2D eigenvalue weighted by Crippen LogP contribution is -2.62. The molecule has 0 aromatic heterocycles. The number of hydrogen-bond acceptors (Lipinski definition) is 5. The quantitative estimate of drug-likeness (QED) is 0.829. The van der Waals surface area contributed by atoms with Crippen molar-refractivity contribution in [1.82, 2.24) is 4.90 Å². The number of piperidine rings is 1. The number of fused-ring (bicyclic) bond motifs is 1. The molecule has 5 rings (SSSR count). The van der Waals surface area contributed by atoms with Gasteiger partial charge in [-0.1, -0.05) is 18.2 Å². The first-order valence-corrected chi connectivity index (χ1v) is 9.48. The van der Waals surface area contributed by atoms with Crippen molar-refractivity contribution in [3.63, 3.8) is 0 Å². The summed E-state index contributed by atoms with van der Waals surface area (Å²) in [5.41, 5.74) is 3.15. The van der Waals surface area contributed by atoms with Gasteiger partial charge in [0.1, 0.15) is 5.78 Å². The Kier molecular flexibility index (Phi) is 3.21. The Morgan fingerprint density at radius 3 is 2.81 bits per heavy atom. The standard InChI is InChI=1S/C21H24N2O3/c1-13(24)20-8-5-10-23-11-9-21(19(20)23)15-6-3-4-7-16(15)22-17(21)14(12-20)18(25)26-2/h3-4,6-7,19,22H,5,8-12H2,1-2H3/t19?,20-,21-/m0/s1. The molecule has 5 heteroatoms. The van der Waals surface area contributed by atoms with Gasteiger partial charge in [0.25, 0.3) is 0 Å². The van der Waals surface area contributed by atoms with Crippen molar-refractivity contribution in [2.75, 3.05) is 25.5 Å². The van der Waals surface area contributed by atoms with Crippen LogP contribution in [0.5, 0.6) is 0 Å². The van der Waals surface area contributed by atoms with Gasteiger partial charge in [-0.3, -0.25) is 9.69 Å². The molecule has 1 aliphatic carbocycles. The third kappa shape index (κ3) is 1.70. The number of para-hydroxylation sites is 1. The summed E-state index contributed by atoms with van der Waals surface area (Å²) in [5, 5.41) is 3.55. The lowest BCUT2D eigenvalue weighted by atomic mass is 9.53. The number of carbonyl (C=O) groups is 2. The maximum absolute atomic E-state index is 13.0. The van der Waals surface area contributed by atoms with Gasteiger partial charge in [-0.2, -0.15) is 0 Å². The van der Waals surface area contributed by atoms with Crippen molar-refractivity contribution in [1.29, 1.82) is 0 Å². The number of rotatable bonds is 2. The monoisotopic (exact) mass is 352 g/mol. The first-order chi connectivity index (χ1) is 12.5. The average molecular weight is 352 g/mol. The molecule has 0 amide bonds. The van der Waals surface area contributed by atoms with Crippen LogP contribution in [-0.2, 0) is 19.7 Å². The highest BCUT2D eigenvalue weighted by molar-refractivity contribution is 5.96. The lowest BCUT2D eigenvalue weighted by molar-refractivity contribution is -0.140. The Hall–Kier alpha value is -2.14. The fourth-order valence-electron chi connectivity index (χ4n) is 6.32. The van der Waals surface area contributed by atoms with Gasteiger partial charge in [-0.25, -0.2) is 4.79 Å². The van der Waals surface area contributed by atoms with Crippen LogP contribution in [0.25, 0.3) is 0 Å². The summed E-state index contributed by atoms with van der Waals surface area (Å²) in [4.78, 5) is 28.2. The summed E-state index contributed by atoms with van der Waals surface area (Å²) < 4.78 is 5.14. The smallest absolute Gasteiger partial charge is 0.335 e. The Morgan fingerprint density at radius 1 is 1.23 bits per heavy atom. The van der Waals surface area contributed by atoms with Crippen LogP contribution in [0, 0.1) is 5.41 Å². The predicted molar refractivity (Wildman–Crippen MR) is 97.7 cm³/mol. The molecule has 136 valence electrons. The second-order valence-corrected chi connectivity index (χ2v) is 8.17. The summed E-state index contributed by atoms with van der Waals surface area (Å²) in [6.07, 6.45) is 3.27. The van der Waals surface area contributed by atoms with E-state index >= 15 is 0 Å². The molecule has 1 aromatic rings. The number of esters is 1. The minimum Gasteiger partial charge on any atom is -0.466 e. The molecule has 5 nitrogen and oxygen atoms in total. The van der Waals surface area contributed by atoms with Gasteiger partial charge in [0, 0.05) is 22.8 Å². The Bertz CT molecular complexity index is 861. The maximum atomic E-state index is 13.0. The van der Waals surface area contributed by atoms with Crippen LogP contribution in [0.3, 0.4) is 0 Å². The largest absolute Gasteiger partial charge is 0.466 e. The van der Waals surface area contributed by atoms with Crippen LogP contribution < -0.4 is 5.32 Å². The van der Waals surface area contributed by atoms with Gasteiger partial charge in [-0.15, -0.1) is 0 Å². The highest BCUT2D eigenvalue weighted by Crippen LogP contribution is 2.64. The van der Waals surface area contributed by atoms with Crippen LogP contribution in [0.15, 0.2) is 35.5 Å². The normalized spacial score (nSPS) is 34.6. The zero-order valence-corrected chi connectivity index (χ0v) is 15.3. The molecule has 2 fully saturated rings. The van der Waals surface area contributed by atoms with Gasteiger partial charge in [0.2, 0.25) is 0 Å². The maximum Gasteiger partial charge on any atom is 0.335 e. The van der Waals surface area contributed by atoms with Gasteiger partial charge in [-0.05, 0) is 57.3 Å². The summed E-state index contributed by atoms with van der Waals surface area (Å²) in [5.74, 6) is -0.0962. The van der Waals surface area contributed by atoms with Crippen molar-refractivity contribution in [2.45, 2.75) is 44.1 Å². The van der Waals surface area contributed by atoms with Crippen molar-refractivity contribution in [3.05, 3.63) is 41.1 Å². The van der Waals surface area contributed by atoms with Crippen molar-refractivity contribution >= 4 is 17.4 Å². The van der Waals surface area contributed by atoms with E-state index in [9.17, 15) is 9.59 Å². The van der Waals surface area contributed by atoms with Gasteiger partial charge in [0.15, 0.2) is 0 Å². The van der Waals surface area contributed by atoms with E-state index in [0.29, 0.717) is 12.0 Å². The Morgan fingerprint density at radius 2 is 2.04 bits per heavy atom. The molecule has 0 saturated carbocycles. The van der Waals surface area contributed by atoms with Crippen molar-refractivity contribution in [3.8, 4) is 0 Å². The summed E-state index contributed by atoms with van der Waals surface area (Å²) in [7, 11) is 1.43. The topological polar surface area (TPSA) is 58.6 Å². The number of ether oxygens (including phenoxy) is 1. The van der Waals surface area contributed by atoms with Gasteiger partial charge >= 0.3 is 5.97 Å². The van der Waals surface area contributed by atoms with Gasteiger partial charge in [0.05, 0.1) is 18.1 Å². The van der Waals surface area contributed by atoms with E-state index in [1.807, 2.05) is 6.07 Å². The number of ketones is 1. The molecule has 0 bridgehead atoms. The highest BCUT2D eigenvalue weighted by Gasteiger charge is 2.68. The molecule has 1 spiro atoms. The summed E-state index contributed by atoms with van der Waals surface area (Å²) in [6, 6.07) is 8.44. The predicted octanol–water partition coefficient (Wildman–Crippen LogP) is 2.62. The number of carbonyl (C=O) groups excluding carboxylic acids is 2. The number of benzene rings is 1. The highest BCUT2D eigenvalue weighted by atomic mass is 16.5. The molecular formula is C21H24N2O3. The van der Waals surface area contributed by atoms with Crippen LogP contribution in [0.2, 0.25) is 0 Å². The molecule has 2 saturated heterocycles. The second-order valence-electron chi connectivity index (χ2n) is 8.17. The molecule has 0 radical (unpaired) electrons. The van der Waals surface area contributed by atoms with Crippen molar-refractivity contribution in [2.24, 2.45) is 5.41 Å². The van der Waals surface area contributed by atoms with E-state index in [-0.39, 0.29) is 23.2 Å². The van der Waals surface area contributed by atoms with E-state index in [2.05, 4.69) is 28.4 Å². The van der Waals surface area contributed by atoms with Gasteiger partial charge < -0.3 is 10.1 Å². The van der Waals surface area contributed by atoms with Crippen LogP contribution in [0.4, 0.5) is 5.69 Å². The fraction of sp³-hybridized carbons (Fsp3) is 0.524. The zero-order chi connectivity index (χ0) is 18.1. The molecule has 4 aliphatic rings. The fourth-order valence-corrected chi connectivity index (χ4v) is 6.32. The van der Waals surface area contributed by atoms with E-state index in [1.165, 1.54) is 12.7 Å². The first-order valence-electron chi connectivity index (χ1n) is 9.48. The van der Waals surface area contributed by atoms with E-state index in [0.717, 1.165) is 43.7 Å². The number of Topliss-reactive ketones (excluding diaryl/α,β-unsaturated/α-hetero) is 1. The number of nitrogens with one attached hydrogen (secondary N) is 1. The number of methoxy groups -OCH3 is 1. The molecule has 3 aliphatic heterocycles. The van der Waals surface area contributed by atoms with Crippen LogP contribution in [0.1, 0.15) is 38.2 Å². The second kappa shape index (κ2) is 5.19. The minimum absolute atomic E-state index is 0.126. The molecule has 3 heterocycles. The Labute approximate surface area is 153 Å². The molecular weight excluding hydrogens is 328 g/mol. The summed E-state index contributed by atoms with van der Waals surface area (Å²) >= 11 is 0. The number of hydrogen-bond donors (Lipinski definition) is 1. The average Bonchev–Trinajstić information content (AvgIpc) is 3.21. The SMILES string of the molecule is COC(=O)C1=C2Nc3ccccc3[C@@]23CCN2CCC[C@@](C(C)=O)(C1)C23. The minimum atomic E-state index is -0.499. The zero-order valence-electron chi connectivity index (χ0n) is 15.3. The third-order valence-electron chi connectivity index (χ3n) is 7.26. The van der Waals surface area contributed by atoms with E-state index in [1.54, 1.807) is 6.92 Å². The molecule has 1 aromatic carbocycles. The summed E-state index contributed by atoms with van der Waals surface area (Å²) in [6.45, 7) is 3.71. The Balaban J connectivity index is 1.84.